The molecule has 3 aromatic heterocycles. The van der Waals surface area contributed by atoms with Gasteiger partial charge in [-0.25, -0.2) is 18.4 Å². The minimum atomic E-state index is -3.35. The number of sulfonamides is 1. The summed E-state index contributed by atoms with van der Waals surface area (Å²) in [6.45, 7) is 3.51. The topological polar surface area (TPSA) is 113 Å². The fourth-order valence-corrected chi connectivity index (χ4v) is 4.22. The highest BCUT2D eigenvalue weighted by Gasteiger charge is 2.14. The van der Waals surface area contributed by atoms with Gasteiger partial charge in [0.15, 0.2) is 11.6 Å². The van der Waals surface area contributed by atoms with E-state index in [2.05, 4.69) is 25.2 Å². The zero-order valence-corrected chi connectivity index (χ0v) is 18.0. The van der Waals surface area contributed by atoms with Crippen molar-refractivity contribution in [3.8, 4) is 22.0 Å². The molecular weight excluding hydrogens is 420 g/mol. The molecule has 0 unspecified atom stereocenters. The van der Waals surface area contributed by atoms with Crippen molar-refractivity contribution in [1.82, 2.24) is 20.2 Å². The fraction of sp³-hybridized carbons (Fsp3) is 0.150. The molecular formula is C20H20N6O2S2. The van der Waals surface area contributed by atoms with E-state index in [1.54, 1.807) is 18.4 Å². The van der Waals surface area contributed by atoms with Crippen LogP contribution >= 0.6 is 11.3 Å². The van der Waals surface area contributed by atoms with E-state index in [9.17, 15) is 8.42 Å². The van der Waals surface area contributed by atoms with Gasteiger partial charge in [0.1, 0.15) is 5.82 Å². The third kappa shape index (κ3) is 4.66. The number of H-pyrrole nitrogens is 1. The number of nitrogens with one attached hydrogen (secondary N) is 3. The van der Waals surface area contributed by atoms with Gasteiger partial charge in [-0.1, -0.05) is 30.3 Å². The second-order valence-corrected chi connectivity index (χ2v) is 9.52. The van der Waals surface area contributed by atoms with E-state index in [1.165, 1.54) is 11.3 Å². The number of aryl methyl sites for hydroxylation is 1. The number of aromatic nitrogens is 4. The summed E-state index contributed by atoms with van der Waals surface area (Å²) in [7, 11) is -3.35. The molecule has 0 aliphatic heterocycles. The monoisotopic (exact) mass is 440 g/mol. The number of nitrogens with zero attached hydrogens (tertiary/aromatic N) is 3. The zero-order chi connectivity index (χ0) is 21.1. The predicted octanol–water partition coefficient (Wildman–Crippen LogP) is 4.41. The number of benzene rings is 1. The van der Waals surface area contributed by atoms with Crippen LogP contribution in [0.15, 0.2) is 53.9 Å². The molecule has 154 valence electrons. The fourth-order valence-electron chi connectivity index (χ4n) is 2.75. The van der Waals surface area contributed by atoms with E-state index in [0.29, 0.717) is 23.1 Å². The van der Waals surface area contributed by atoms with Crippen LogP contribution in [0.25, 0.3) is 22.0 Å². The van der Waals surface area contributed by atoms with Gasteiger partial charge in [0.2, 0.25) is 10.0 Å². The average molecular weight is 441 g/mol. The Balaban J connectivity index is 1.73. The van der Waals surface area contributed by atoms with Crippen molar-refractivity contribution in [2.24, 2.45) is 0 Å². The Morgan fingerprint density at radius 1 is 1.07 bits per heavy atom. The number of hydrogen-bond acceptors (Lipinski definition) is 7. The van der Waals surface area contributed by atoms with Crippen molar-refractivity contribution in [1.29, 1.82) is 0 Å². The molecule has 0 saturated carbocycles. The maximum Gasteiger partial charge on any atom is 0.232 e. The smallest absolute Gasteiger partial charge is 0.232 e. The molecule has 10 heteroatoms. The third-order valence-electron chi connectivity index (χ3n) is 4.23. The number of rotatable bonds is 7. The van der Waals surface area contributed by atoms with Crippen molar-refractivity contribution in [2.75, 3.05) is 15.8 Å². The molecule has 0 amide bonds. The number of aromatic amines is 1. The first-order chi connectivity index (χ1) is 14.4. The number of thiophene rings is 1. The summed E-state index contributed by atoms with van der Waals surface area (Å²) in [5, 5.41) is 12.0. The van der Waals surface area contributed by atoms with Gasteiger partial charge in [-0.3, -0.25) is 9.82 Å². The van der Waals surface area contributed by atoms with E-state index < -0.39 is 10.0 Å². The molecule has 3 heterocycles. The van der Waals surface area contributed by atoms with Crippen molar-refractivity contribution >= 4 is 38.7 Å². The van der Waals surface area contributed by atoms with Crippen molar-refractivity contribution in [2.45, 2.75) is 13.8 Å². The Labute approximate surface area is 178 Å². The molecule has 4 rings (SSSR count). The molecule has 0 radical (unpaired) electrons. The van der Waals surface area contributed by atoms with Gasteiger partial charge in [-0.2, -0.15) is 5.10 Å². The van der Waals surface area contributed by atoms with Crippen molar-refractivity contribution in [3.05, 3.63) is 59.6 Å². The molecule has 0 fully saturated rings. The SMILES string of the molecule is CCS(=O)(=O)Nc1csc(-c2nc(Nc3cc(C)[nH]n3)cc(-c3ccccc3)n2)c1. The van der Waals surface area contributed by atoms with Crippen LogP contribution in [0.5, 0.6) is 0 Å². The molecule has 0 atom stereocenters. The third-order valence-corrected chi connectivity index (χ3v) is 6.46. The normalized spacial score (nSPS) is 11.4. The zero-order valence-electron chi connectivity index (χ0n) is 16.4. The number of anilines is 3. The summed E-state index contributed by atoms with van der Waals surface area (Å²) in [6, 6.07) is 15.3. The summed E-state index contributed by atoms with van der Waals surface area (Å²) in [6.07, 6.45) is 0. The lowest BCUT2D eigenvalue weighted by Crippen LogP contribution is -2.13. The first-order valence-electron chi connectivity index (χ1n) is 9.25. The van der Waals surface area contributed by atoms with Gasteiger partial charge >= 0.3 is 0 Å². The van der Waals surface area contributed by atoms with Crippen LogP contribution in [0.3, 0.4) is 0 Å². The van der Waals surface area contributed by atoms with E-state index >= 15 is 0 Å². The molecule has 0 bridgehead atoms. The van der Waals surface area contributed by atoms with Crippen LogP contribution in [0.1, 0.15) is 12.6 Å². The lowest BCUT2D eigenvalue weighted by Gasteiger charge is -2.08. The van der Waals surface area contributed by atoms with E-state index in [1.807, 2.05) is 49.4 Å². The second-order valence-electron chi connectivity index (χ2n) is 6.59. The van der Waals surface area contributed by atoms with Gasteiger partial charge in [0, 0.05) is 28.8 Å². The van der Waals surface area contributed by atoms with Crippen LogP contribution in [0.4, 0.5) is 17.3 Å². The maximum absolute atomic E-state index is 11.9. The highest BCUT2D eigenvalue weighted by Crippen LogP contribution is 2.31. The Kier molecular flexibility index (Phi) is 5.51. The van der Waals surface area contributed by atoms with Gasteiger partial charge in [-0.05, 0) is 19.9 Å². The first-order valence-corrected chi connectivity index (χ1v) is 11.8. The van der Waals surface area contributed by atoms with Crippen LogP contribution in [-0.4, -0.2) is 34.3 Å². The molecule has 0 spiro atoms. The van der Waals surface area contributed by atoms with Crippen LogP contribution in [0, 0.1) is 6.92 Å². The van der Waals surface area contributed by atoms with Gasteiger partial charge in [-0.15, -0.1) is 11.3 Å². The van der Waals surface area contributed by atoms with Crippen LogP contribution in [0.2, 0.25) is 0 Å². The van der Waals surface area contributed by atoms with Gasteiger partial charge < -0.3 is 5.32 Å². The molecule has 8 nitrogen and oxygen atoms in total. The molecule has 4 aromatic rings. The summed E-state index contributed by atoms with van der Waals surface area (Å²) in [5.41, 5.74) is 3.13. The van der Waals surface area contributed by atoms with Crippen molar-refractivity contribution in [3.63, 3.8) is 0 Å². The van der Waals surface area contributed by atoms with Gasteiger partial charge in [0.05, 0.1) is 22.0 Å². The van der Waals surface area contributed by atoms with Crippen LogP contribution in [-0.2, 0) is 10.0 Å². The van der Waals surface area contributed by atoms with E-state index in [-0.39, 0.29) is 5.75 Å². The largest absolute Gasteiger partial charge is 0.323 e. The first kappa shape index (κ1) is 20.0. The molecule has 3 N–H and O–H groups in total. The molecule has 0 aliphatic rings. The van der Waals surface area contributed by atoms with E-state index in [0.717, 1.165) is 21.8 Å². The minimum Gasteiger partial charge on any atom is -0.323 e. The van der Waals surface area contributed by atoms with Gasteiger partial charge in [0.25, 0.3) is 0 Å². The van der Waals surface area contributed by atoms with E-state index in [4.69, 9.17) is 4.98 Å². The highest BCUT2D eigenvalue weighted by molar-refractivity contribution is 7.92. The summed E-state index contributed by atoms with van der Waals surface area (Å²) in [4.78, 5) is 10.1. The highest BCUT2D eigenvalue weighted by atomic mass is 32.2. The average Bonchev–Trinajstić information content (AvgIpc) is 3.37. The summed E-state index contributed by atoms with van der Waals surface area (Å²) in [5.74, 6) is 1.75. The Morgan fingerprint density at radius 2 is 1.87 bits per heavy atom. The Hall–Kier alpha value is -3.24. The summed E-state index contributed by atoms with van der Waals surface area (Å²) >= 11 is 1.38. The Bertz CT molecular complexity index is 1270. The molecule has 30 heavy (non-hydrogen) atoms. The quantitative estimate of drug-likeness (QED) is 0.392. The molecule has 0 aliphatic carbocycles. The van der Waals surface area contributed by atoms with Crippen molar-refractivity contribution < 1.29 is 8.42 Å². The Morgan fingerprint density at radius 3 is 2.57 bits per heavy atom. The molecule has 0 saturated heterocycles. The molecule has 1 aromatic carbocycles. The lowest BCUT2D eigenvalue weighted by atomic mass is 10.1. The lowest BCUT2D eigenvalue weighted by molar-refractivity contribution is 0.602. The second kappa shape index (κ2) is 8.25. The summed E-state index contributed by atoms with van der Waals surface area (Å²) < 4.78 is 26.3. The number of hydrogen-bond donors (Lipinski definition) is 3. The predicted molar refractivity (Wildman–Crippen MR) is 120 cm³/mol. The minimum absolute atomic E-state index is 0.00925. The maximum atomic E-state index is 11.9. The standard InChI is InChI=1S/C20H20N6O2S2/c1-3-30(27,28)26-15-10-17(29-12-15)20-21-16(14-7-5-4-6-8-14)11-18(23-20)22-19-9-13(2)24-25-19/h4-12,26H,3H2,1-2H3,(H2,21,22,23,24,25). The van der Waals surface area contributed by atoms with Crippen LogP contribution < -0.4 is 10.0 Å².